The van der Waals surface area contributed by atoms with Crippen molar-refractivity contribution in [1.82, 2.24) is 15.0 Å². The van der Waals surface area contributed by atoms with Gasteiger partial charge < -0.3 is 20.2 Å². The molecule has 12 heteroatoms. The number of fused-ring (bicyclic) bond motifs is 1. The summed E-state index contributed by atoms with van der Waals surface area (Å²) in [5.74, 6) is -0.383. The van der Waals surface area contributed by atoms with Crippen molar-refractivity contribution in [2.45, 2.75) is 6.18 Å². The molecule has 8 nitrogen and oxygen atoms in total. The number of nitrogens with one attached hydrogen (secondary N) is 1. The summed E-state index contributed by atoms with van der Waals surface area (Å²) < 4.78 is 41.0. The van der Waals surface area contributed by atoms with Crippen LogP contribution >= 0.6 is 11.6 Å². The Morgan fingerprint density at radius 2 is 1.73 bits per heavy atom. The van der Waals surface area contributed by atoms with Gasteiger partial charge in [-0.05, 0) is 36.4 Å². The summed E-state index contributed by atoms with van der Waals surface area (Å²) in [5, 5.41) is 23.1. The Bertz CT molecular complexity index is 1510. The third kappa shape index (κ3) is 5.29. The molecule has 1 saturated heterocycles. The predicted molar refractivity (Wildman–Crippen MR) is 134 cm³/mol. The van der Waals surface area contributed by atoms with Gasteiger partial charge in [0.25, 0.3) is 0 Å². The fourth-order valence-corrected chi connectivity index (χ4v) is 4.40. The quantitative estimate of drug-likeness (QED) is 0.368. The van der Waals surface area contributed by atoms with Gasteiger partial charge in [-0.2, -0.15) is 23.4 Å². The van der Waals surface area contributed by atoms with Gasteiger partial charge in [-0.1, -0.05) is 11.6 Å². The zero-order chi connectivity index (χ0) is 26.2. The third-order valence-electron chi connectivity index (χ3n) is 5.93. The molecule has 4 aromatic rings. The standard InChI is InChI=1S/C25H19ClF3N7O/c26-16-1-2-19-20(11-16)31-4-3-21(19)35-5-7-36(8-6-35)23-13-22(25(27,28)29)33-24(34-23)32-17-9-15(14-30)10-18(37)12-17/h1-4,9-13,37H,5-8H2,(H,32,33,34). The first-order valence-electron chi connectivity index (χ1n) is 11.2. The summed E-state index contributed by atoms with van der Waals surface area (Å²) >= 11 is 6.09. The second-order valence-electron chi connectivity index (χ2n) is 8.40. The third-order valence-corrected chi connectivity index (χ3v) is 6.17. The van der Waals surface area contributed by atoms with Crippen LogP contribution in [0.15, 0.2) is 54.7 Å². The molecule has 3 heterocycles. The van der Waals surface area contributed by atoms with Crippen molar-refractivity contribution in [3.8, 4) is 11.8 Å². The van der Waals surface area contributed by atoms with Crippen molar-refractivity contribution in [1.29, 1.82) is 5.26 Å². The molecule has 1 aliphatic heterocycles. The van der Waals surface area contributed by atoms with Crippen LogP contribution in [0.1, 0.15) is 11.3 Å². The van der Waals surface area contributed by atoms with E-state index in [1.165, 1.54) is 18.2 Å². The number of hydrogen-bond donors (Lipinski definition) is 2. The topological polar surface area (TPSA) is 101 Å². The van der Waals surface area contributed by atoms with Crippen LogP contribution in [0.3, 0.4) is 0 Å². The minimum absolute atomic E-state index is 0.122. The minimum atomic E-state index is -4.69. The second kappa shape index (κ2) is 9.63. The second-order valence-corrected chi connectivity index (χ2v) is 8.84. The Labute approximate surface area is 214 Å². The molecular weight excluding hydrogens is 507 g/mol. The van der Waals surface area contributed by atoms with Crippen LogP contribution in [-0.4, -0.2) is 46.2 Å². The zero-order valence-corrected chi connectivity index (χ0v) is 19.9. The highest BCUT2D eigenvalue weighted by Gasteiger charge is 2.34. The number of pyridine rings is 1. The number of rotatable bonds is 4. The molecule has 37 heavy (non-hydrogen) atoms. The van der Waals surface area contributed by atoms with Crippen LogP contribution in [-0.2, 0) is 6.18 Å². The lowest BCUT2D eigenvalue weighted by Gasteiger charge is -2.37. The number of phenols is 1. The van der Waals surface area contributed by atoms with Gasteiger partial charge in [-0.3, -0.25) is 4.98 Å². The predicted octanol–water partition coefficient (Wildman–Crippen LogP) is 5.34. The van der Waals surface area contributed by atoms with Gasteiger partial charge in [0.15, 0.2) is 5.69 Å². The smallest absolute Gasteiger partial charge is 0.433 e. The number of alkyl halides is 3. The lowest BCUT2D eigenvalue weighted by molar-refractivity contribution is -0.141. The maximum Gasteiger partial charge on any atom is 0.433 e. The SMILES string of the molecule is N#Cc1cc(O)cc(Nc2nc(N3CCN(c4ccnc5cc(Cl)ccc45)CC3)cc(C(F)(F)F)n2)c1. The number of piperazine rings is 1. The number of aromatic nitrogens is 3. The first kappa shape index (κ1) is 24.4. The van der Waals surface area contributed by atoms with E-state index in [4.69, 9.17) is 16.9 Å². The van der Waals surface area contributed by atoms with Gasteiger partial charge in [0.2, 0.25) is 5.95 Å². The van der Waals surface area contributed by atoms with E-state index in [1.807, 2.05) is 18.2 Å². The summed E-state index contributed by atoms with van der Waals surface area (Å²) in [6.07, 6.45) is -2.98. The first-order chi connectivity index (χ1) is 17.7. The van der Waals surface area contributed by atoms with Gasteiger partial charge in [0.1, 0.15) is 11.6 Å². The van der Waals surface area contributed by atoms with Crippen molar-refractivity contribution in [2.24, 2.45) is 0 Å². The zero-order valence-electron chi connectivity index (χ0n) is 19.2. The molecule has 2 N–H and O–H groups in total. The van der Waals surface area contributed by atoms with Gasteiger partial charge >= 0.3 is 6.18 Å². The van der Waals surface area contributed by atoms with Crippen molar-refractivity contribution < 1.29 is 18.3 Å². The molecule has 0 bridgehead atoms. The van der Waals surface area contributed by atoms with Crippen molar-refractivity contribution >= 4 is 45.6 Å². The normalized spacial score (nSPS) is 14.0. The molecule has 0 saturated carbocycles. The van der Waals surface area contributed by atoms with Crippen LogP contribution in [0.2, 0.25) is 5.02 Å². The van der Waals surface area contributed by atoms with Crippen LogP contribution in [0, 0.1) is 11.3 Å². The van der Waals surface area contributed by atoms with E-state index in [2.05, 4.69) is 25.2 Å². The lowest BCUT2D eigenvalue weighted by atomic mass is 10.1. The highest BCUT2D eigenvalue weighted by molar-refractivity contribution is 6.31. The molecule has 0 radical (unpaired) electrons. The van der Waals surface area contributed by atoms with Gasteiger partial charge in [0.05, 0.1) is 17.1 Å². The lowest BCUT2D eigenvalue weighted by Crippen LogP contribution is -2.47. The van der Waals surface area contributed by atoms with E-state index in [1.54, 1.807) is 23.2 Å². The fourth-order valence-electron chi connectivity index (χ4n) is 4.23. The fraction of sp³-hybridized carbons (Fsp3) is 0.200. The molecule has 0 atom stereocenters. The maximum absolute atomic E-state index is 13.7. The van der Waals surface area contributed by atoms with Crippen LogP contribution in [0.5, 0.6) is 5.75 Å². The number of hydrogen-bond acceptors (Lipinski definition) is 8. The van der Waals surface area contributed by atoms with Crippen molar-refractivity contribution in [3.63, 3.8) is 0 Å². The Morgan fingerprint density at radius 3 is 2.46 bits per heavy atom. The molecule has 0 amide bonds. The number of benzene rings is 2. The molecule has 1 fully saturated rings. The number of phenolic OH excluding ortho intramolecular Hbond substituents is 1. The Morgan fingerprint density at radius 1 is 0.973 bits per heavy atom. The van der Waals surface area contributed by atoms with Crippen molar-refractivity contribution in [2.75, 3.05) is 41.3 Å². The maximum atomic E-state index is 13.7. The van der Waals surface area contributed by atoms with Crippen molar-refractivity contribution in [3.05, 3.63) is 71.0 Å². The Balaban J connectivity index is 1.40. The molecule has 0 spiro atoms. The molecule has 5 rings (SSSR count). The highest BCUT2D eigenvalue weighted by Crippen LogP contribution is 2.33. The first-order valence-corrected chi connectivity index (χ1v) is 11.6. The summed E-state index contributed by atoms with van der Waals surface area (Å²) in [7, 11) is 0. The number of anilines is 4. The molecule has 1 aliphatic rings. The number of aromatic hydroxyl groups is 1. The Kier molecular flexibility index (Phi) is 6.35. The summed E-state index contributed by atoms with van der Waals surface area (Å²) in [4.78, 5) is 16.2. The summed E-state index contributed by atoms with van der Waals surface area (Å²) in [6.45, 7) is 1.95. The van der Waals surface area contributed by atoms with E-state index < -0.39 is 11.9 Å². The van der Waals surface area contributed by atoms with Crippen LogP contribution in [0.4, 0.5) is 36.3 Å². The molecule has 0 aliphatic carbocycles. The van der Waals surface area contributed by atoms with Crippen LogP contribution in [0.25, 0.3) is 10.9 Å². The summed E-state index contributed by atoms with van der Waals surface area (Å²) in [6, 6.07) is 14.1. The average Bonchev–Trinajstić information content (AvgIpc) is 2.87. The largest absolute Gasteiger partial charge is 0.508 e. The number of nitriles is 1. The van der Waals surface area contributed by atoms with E-state index in [-0.39, 0.29) is 28.8 Å². The van der Waals surface area contributed by atoms with E-state index in [9.17, 15) is 18.3 Å². The molecule has 0 unspecified atom stereocenters. The highest BCUT2D eigenvalue weighted by atomic mass is 35.5. The minimum Gasteiger partial charge on any atom is -0.508 e. The van der Waals surface area contributed by atoms with Gasteiger partial charge in [-0.15, -0.1) is 0 Å². The van der Waals surface area contributed by atoms with E-state index >= 15 is 0 Å². The van der Waals surface area contributed by atoms with Gasteiger partial charge in [0, 0.05) is 66.3 Å². The van der Waals surface area contributed by atoms with E-state index in [0.29, 0.717) is 31.2 Å². The monoisotopic (exact) mass is 525 g/mol. The number of nitrogens with zero attached hydrogens (tertiary/aromatic N) is 6. The van der Waals surface area contributed by atoms with E-state index in [0.717, 1.165) is 22.7 Å². The average molecular weight is 526 g/mol. The van der Waals surface area contributed by atoms with Gasteiger partial charge in [-0.25, -0.2) is 4.98 Å². The molecule has 2 aromatic heterocycles. The van der Waals surface area contributed by atoms with Crippen LogP contribution < -0.4 is 15.1 Å². The molecule has 2 aromatic carbocycles. The molecule has 188 valence electrons. The Hall–Kier alpha value is -4.30. The summed E-state index contributed by atoms with van der Waals surface area (Å²) in [5.41, 5.74) is 0.966. The number of halogens is 4. The molecular formula is C25H19ClF3N7O.